The SMILES string of the molecule is NC(=O)CCCNC(=O)[C@H](Cc1ccccc1)NC(=O)CNC(=O)CNC(=O)[C@H](CC(=O)O)NC(=O)CCCCCN1C(=O)C=CC1O. The van der Waals surface area contributed by atoms with Crippen LogP contribution in [0.15, 0.2) is 42.5 Å². The number of nitrogens with one attached hydrogen (secondary N) is 5. The second-order valence-electron chi connectivity index (χ2n) is 11.0. The Balaban J connectivity index is 1.77. The number of carboxylic acid groups (broad SMARTS) is 1. The van der Waals surface area contributed by atoms with Gasteiger partial charge in [-0.25, -0.2) is 0 Å². The topological polar surface area (TPSA) is 266 Å². The summed E-state index contributed by atoms with van der Waals surface area (Å²) >= 11 is 0. The molecule has 17 heteroatoms. The number of hydrogen-bond donors (Lipinski definition) is 8. The second kappa shape index (κ2) is 20.7. The molecule has 7 amide bonds. The number of nitrogens with two attached hydrogens (primary N) is 1. The number of unbranched alkanes of at least 4 members (excludes halogenated alkanes) is 2. The maximum Gasteiger partial charge on any atom is 0.305 e. The Morgan fingerprint density at radius 2 is 1.46 bits per heavy atom. The highest BCUT2D eigenvalue weighted by molar-refractivity contribution is 5.94. The molecule has 0 fully saturated rings. The van der Waals surface area contributed by atoms with Crippen molar-refractivity contribution in [1.29, 1.82) is 0 Å². The highest BCUT2D eigenvalue weighted by Crippen LogP contribution is 2.11. The monoisotopic (exact) mass is 673 g/mol. The van der Waals surface area contributed by atoms with Gasteiger partial charge in [-0.05, 0) is 30.9 Å². The number of carbonyl (C=O) groups excluding carboxylic acids is 7. The summed E-state index contributed by atoms with van der Waals surface area (Å²) in [6, 6.07) is 6.43. The van der Waals surface area contributed by atoms with Crippen LogP contribution >= 0.6 is 0 Å². The predicted molar refractivity (Wildman–Crippen MR) is 169 cm³/mol. The van der Waals surface area contributed by atoms with Gasteiger partial charge in [0, 0.05) is 38.4 Å². The Bertz CT molecular complexity index is 1340. The average molecular weight is 674 g/mol. The molecule has 0 spiro atoms. The zero-order chi connectivity index (χ0) is 35.5. The van der Waals surface area contributed by atoms with Gasteiger partial charge in [-0.3, -0.25) is 38.4 Å². The average Bonchev–Trinajstić information content (AvgIpc) is 3.36. The number of amides is 7. The minimum atomic E-state index is -1.46. The Morgan fingerprint density at radius 3 is 2.10 bits per heavy atom. The maximum absolute atomic E-state index is 12.7. The number of rotatable bonds is 22. The van der Waals surface area contributed by atoms with Gasteiger partial charge in [0.25, 0.3) is 0 Å². The van der Waals surface area contributed by atoms with Crippen LogP contribution in [0.2, 0.25) is 0 Å². The Kier molecular flexibility index (Phi) is 16.8. The van der Waals surface area contributed by atoms with Crippen LogP contribution in [0.4, 0.5) is 0 Å². The van der Waals surface area contributed by atoms with Crippen molar-refractivity contribution >= 4 is 47.3 Å². The van der Waals surface area contributed by atoms with Gasteiger partial charge in [-0.2, -0.15) is 0 Å². The van der Waals surface area contributed by atoms with E-state index in [-0.39, 0.29) is 31.7 Å². The van der Waals surface area contributed by atoms with Crippen molar-refractivity contribution in [2.45, 2.75) is 69.7 Å². The molecular weight excluding hydrogens is 630 g/mol. The molecule has 48 heavy (non-hydrogen) atoms. The second-order valence-corrected chi connectivity index (χ2v) is 11.0. The van der Waals surface area contributed by atoms with E-state index in [0.717, 1.165) is 5.56 Å². The van der Waals surface area contributed by atoms with Gasteiger partial charge in [-0.1, -0.05) is 36.8 Å². The van der Waals surface area contributed by atoms with Crippen molar-refractivity contribution in [3.05, 3.63) is 48.0 Å². The summed E-state index contributed by atoms with van der Waals surface area (Å²) in [5.41, 5.74) is 5.87. The number of carboxylic acids is 1. The highest BCUT2D eigenvalue weighted by atomic mass is 16.4. The van der Waals surface area contributed by atoms with E-state index in [4.69, 9.17) is 5.73 Å². The molecule has 3 atom stereocenters. The van der Waals surface area contributed by atoms with Crippen LogP contribution in [0, 0.1) is 0 Å². The fourth-order valence-electron chi connectivity index (χ4n) is 4.57. The van der Waals surface area contributed by atoms with E-state index in [1.165, 1.54) is 17.1 Å². The third kappa shape index (κ3) is 15.3. The summed E-state index contributed by atoms with van der Waals surface area (Å²) in [5.74, 6) is -5.66. The first-order valence-electron chi connectivity index (χ1n) is 15.5. The molecule has 1 heterocycles. The highest BCUT2D eigenvalue weighted by Gasteiger charge is 2.25. The smallest absolute Gasteiger partial charge is 0.305 e. The lowest BCUT2D eigenvalue weighted by Crippen LogP contribution is -2.52. The molecule has 1 aromatic rings. The van der Waals surface area contributed by atoms with E-state index in [9.17, 15) is 48.6 Å². The minimum absolute atomic E-state index is 0.0234. The Morgan fingerprint density at radius 1 is 0.792 bits per heavy atom. The summed E-state index contributed by atoms with van der Waals surface area (Å²) in [6.07, 6.45) is 2.89. The Labute approximate surface area is 277 Å². The molecule has 0 saturated carbocycles. The molecule has 0 aliphatic carbocycles. The fourth-order valence-corrected chi connectivity index (χ4v) is 4.57. The summed E-state index contributed by atoms with van der Waals surface area (Å²) < 4.78 is 0. The molecule has 0 bridgehead atoms. The van der Waals surface area contributed by atoms with Gasteiger partial charge >= 0.3 is 5.97 Å². The van der Waals surface area contributed by atoms with Crippen molar-refractivity contribution in [3.8, 4) is 0 Å². The number of carbonyl (C=O) groups is 8. The summed E-state index contributed by atoms with van der Waals surface area (Å²) in [4.78, 5) is 97.7. The number of aliphatic hydroxyl groups is 1. The molecule has 1 aliphatic rings. The van der Waals surface area contributed by atoms with Crippen LogP contribution in [0.3, 0.4) is 0 Å². The van der Waals surface area contributed by atoms with Crippen molar-refractivity contribution in [1.82, 2.24) is 31.5 Å². The van der Waals surface area contributed by atoms with Crippen molar-refractivity contribution in [2.24, 2.45) is 5.73 Å². The van der Waals surface area contributed by atoms with Crippen LogP contribution in [-0.4, -0.2) is 107 Å². The molecule has 1 aromatic carbocycles. The number of nitrogens with zero attached hydrogens (tertiary/aromatic N) is 1. The first-order valence-corrected chi connectivity index (χ1v) is 15.5. The largest absolute Gasteiger partial charge is 0.481 e. The van der Waals surface area contributed by atoms with Crippen molar-refractivity contribution in [3.63, 3.8) is 0 Å². The normalized spacial score (nSPS) is 14.8. The third-order valence-electron chi connectivity index (χ3n) is 7.05. The molecule has 1 aliphatic heterocycles. The Hall–Kier alpha value is -5.32. The van der Waals surface area contributed by atoms with E-state index >= 15 is 0 Å². The molecule has 0 aromatic heterocycles. The molecule has 17 nitrogen and oxygen atoms in total. The van der Waals surface area contributed by atoms with Gasteiger partial charge in [0.15, 0.2) is 0 Å². The van der Waals surface area contributed by atoms with Crippen LogP contribution in [0.1, 0.15) is 50.5 Å². The van der Waals surface area contributed by atoms with Crippen molar-refractivity contribution < 1.29 is 48.6 Å². The van der Waals surface area contributed by atoms with E-state index < -0.39 is 79.2 Å². The predicted octanol–water partition coefficient (Wildman–Crippen LogP) is -2.44. The van der Waals surface area contributed by atoms with E-state index in [1.807, 2.05) is 0 Å². The van der Waals surface area contributed by atoms with Crippen molar-refractivity contribution in [2.75, 3.05) is 26.2 Å². The molecule has 2 rings (SSSR count). The van der Waals surface area contributed by atoms with Crippen LogP contribution in [0.5, 0.6) is 0 Å². The first-order chi connectivity index (χ1) is 22.8. The lowest BCUT2D eigenvalue weighted by molar-refractivity contribution is -0.140. The minimum Gasteiger partial charge on any atom is -0.481 e. The van der Waals surface area contributed by atoms with E-state index in [0.29, 0.717) is 32.2 Å². The number of benzene rings is 1. The number of aliphatic carboxylic acids is 1. The molecule has 0 saturated heterocycles. The zero-order valence-corrected chi connectivity index (χ0v) is 26.4. The van der Waals surface area contributed by atoms with E-state index in [1.54, 1.807) is 30.3 Å². The summed E-state index contributed by atoms with van der Waals surface area (Å²) in [6.45, 7) is -0.701. The zero-order valence-electron chi connectivity index (χ0n) is 26.4. The molecular formula is C31H43N7O10. The van der Waals surface area contributed by atoms with Crippen LogP contribution < -0.4 is 32.3 Å². The third-order valence-corrected chi connectivity index (χ3v) is 7.05. The van der Waals surface area contributed by atoms with E-state index in [2.05, 4.69) is 26.6 Å². The fraction of sp³-hybridized carbons (Fsp3) is 0.484. The van der Waals surface area contributed by atoms with Gasteiger partial charge in [0.1, 0.15) is 18.3 Å². The quantitative estimate of drug-likeness (QED) is 0.0603. The number of aliphatic hydroxyl groups excluding tert-OH is 1. The maximum atomic E-state index is 12.7. The lowest BCUT2D eigenvalue weighted by atomic mass is 10.1. The number of primary amides is 1. The molecule has 262 valence electrons. The molecule has 0 radical (unpaired) electrons. The van der Waals surface area contributed by atoms with Gasteiger partial charge in [0.2, 0.25) is 41.4 Å². The number of hydrogen-bond acceptors (Lipinski definition) is 9. The summed E-state index contributed by atoms with van der Waals surface area (Å²) in [7, 11) is 0. The van der Waals surface area contributed by atoms with Gasteiger partial charge < -0.3 is 47.4 Å². The molecule has 1 unspecified atom stereocenters. The van der Waals surface area contributed by atoms with Crippen LogP contribution in [-0.2, 0) is 44.8 Å². The van der Waals surface area contributed by atoms with Gasteiger partial charge in [-0.15, -0.1) is 0 Å². The van der Waals surface area contributed by atoms with Gasteiger partial charge in [0.05, 0.1) is 19.5 Å². The standard InChI is InChI=1S/C31H43N7O10/c32-23(39)10-7-14-33-30(47)21(16-20-8-3-1-4-9-20)37-26(42)19-34-25(41)18-35-31(48)22(17-29(45)46)36-24(40)11-5-2-6-15-38-27(43)12-13-28(38)44/h1,3-4,8-9,12-13,21-22,27,43H,2,5-7,10-11,14-19H2,(H2,32,39)(H,33,47)(H,34,41)(H,35,48)(H,36,40)(H,37,42)(H,45,46)/t21-,22-,27?/m0/s1. The molecule has 9 N–H and O–H groups in total. The van der Waals surface area contributed by atoms with Crippen LogP contribution in [0.25, 0.3) is 0 Å². The first kappa shape index (κ1) is 38.9. The lowest BCUT2D eigenvalue weighted by Gasteiger charge is -2.20. The summed E-state index contributed by atoms with van der Waals surface area (Å²) in [5, 5.41) is 31.0.